The lowest BCUT2D eigenvalue weighted by Gasteiger charge is -2.20. The number of rotatable bonds is 4. The molecule has 3 amide bonds. The Morgan fingerprint density at radius 1 is 1.52 bits per heavy atom. The average molecular weight is 307 g/mol. The lowest BCUT2D eigenvalue weighted by molar-refractivity contribution is -0.115. The zero-order valence-corrected chi connectivity index (χ0v) is 12.8. The molecule has 0 atom stereocenters. The monoisotopic (exact) mass is 307 g/mol. The van der Waals surface area contributed by atoms with Crippen LogP contribution >= 0.6 is 11.8 Å². The summed E-state index contributed by atoms with van der Waals surface area (Å²) >= 11 is 1.20. The van der Waals surface area contributed by atoms with Crippen LogP contribution in [-0.4, -0.2) is 29.5 Å². The standard InChI is InChI=1S/C14H17N3O3S/c1-3-20-7-10-5-4-9(2)6-11(10)17-12(18)8-21-14(17)16-13(15)19/h4-6H,3,7-8H2,1-2H3,(H2,15,19). The minimum absolute atomic E-state index is 0.122. The molecule has 1 heterocycles. The summed E-state index contributed by atoms with van der Waals surface area (Å²) in [6.07, 6.45) is 0. The average Bonchev–Trinajstić information content (AvgIpc) is 2.77. The van der Waals surface area contributed by atoms with Gasteiger partial charge in [-0.05, 0) is 25.5 Å². The van der Waals surface area contributed by atoms with Crippen LogP contribution < -0.4 is 10.6 Å². The largest absolute Gasteiger partial charge is 0.377 e. The molecule has 0 aromatic heterocycles. The molecule has 0 saturated carbocycles. The SMILES string of the molecule is CCOCc1ccc(C)cc1N1C(=O)CSC1=NC(N)=O. The molecule has 1 saturated heterocycles. The third kappa shape index (κ3) is 3.62. The van der Waals surface area contributed by atoms with Gasteiger partial charge in [-0.2, -0.15) is 4.99 Å². The maximum atomic E-state index is 12.1. The molecule has 1 aliphatic heterocycles. The highest BCUT2D eigenvalue weighted by Gasteiger charge is 2.31. The number of ether oxygens (including phenoxy) is 1. The molecule has 112 valence electrons. The zero-order chi connectivity index (χ0) is 15.4. The first-order chi connectivity index (χ1) is 10.0. The molecule has 6 nitrogen and oxygen atoms in total. The number of anilines is 1. The van der Waals surface area contributed by atoms with Crippen molar-refractivity contribution in [2.24, 2.45) is 10.7 Å². The molecule has 21 heavy (non-hydrogen) atoms. The van der Waals surface area contributed by atoms with Crippen LogP contribution in [0, 0.1) is 6.92 Å². The molecule has 0 unspecified atom stereocenters. The third-order valence-corrected chi connectivity index (χ3v) is 3.84. The van der Waals surface area contributed by atoms with E-state index in [9.17, 15) is 9.59 Å². The van der Waals surface area contributed by atoms with Crippen LogP contribution in [-0.2, 0) is 16.1 Å². The van der Waals surface area contributed by atoms with Gasteiger partial charge in [0.2, 0.25) is 5.91 Å². The molecule has 1 aromatic carbocycles. The van der Waals surface area contributed by atoms with Crippen molar-refractivity contribution in [3.63, 3.8) is 0 Å². The Bertz CT molecular complexity index is 601. The van der Waals surface area contributed by atoms with Crippen LogP contribution in [0.1, 0.15) is 18.1 Å². The van der Waals surface area contributed by atoms with E-state index in [1.165, 1.54) is 16.7 Å². The Kier molecular flexibility index (Phi) is 4.98. The second-order valence-electron chi connectivity index (χ2n) is 4.52. The van der Waals surface area contributed by atoms with E-state index < -0.39 is 6.03 Å². The van der Waals surface area contributed by atoms with Gasteiger partial charge < -0.3 is 10.5 Å². The molecule has 0 aliphatic carbocycles. The molecule has 7 heteroatoms. The van der Waals surface area contributed by atoms with Crippen molar-refractivity contribution in [3.8, 4) is 0 Å². The Labute approximate surface area is 127 Å². The van der Waals surface area contributed by atoms with Crippen LogP contribution in [0.2, 0.25) is 0 Å². The third-order valence-electron chi connectivity index (χ3n) is 2.91. The number of primary amides is 1. The van der Waals surface area contributed by atoms with E-state index in [1.807, 2.05) is 32.0 Å². The van der Waals surface area contributed by atoms with Crippen LogP contribution in [0.5, 0.6) is 0 Å². The molecule has 0 radical (unpaired) electrons. The van der Waals surface area contributed by atoms with Crippen molar-refractivity contribution in [1.29, 1.82) is 0 Å². The van der Waals surface area contributed by atoms with Crippen molar-refractivity contribution in [1.82, 2.24) is 0 Å². The van der Waals surface area contributed by atoms with Gasteiger partial charge in [-0.15, -0.1) is 0 Å². The number of hydrogen-bond donors (Lipinski definition) is 1. The quantitative estimate of drug-likeness (QED) is 0.922. The summed E-state index contributed by atoms with van der Waals surface area (Å²) in [5.41, 5.74) is 7.68. The number of aliphatic imine (C=N–C) groups is 1. The highest BCUT2D eigenvalue weighted by molar-refractivity contribution is 8.15. The number of nitrogens with zero attached hydrogens (tertiary/aromatic N) is 2. The molecule has 1 aromatic rings. The van der Waals surface area contributed by atoms with Gasteiger partial charge in [0.1, 0.15) is 0 Å². The maximum Gasteiger partial charge on any atom is 0.340 e. The van der Waals surface area contributed by atoms with Crippen molar-refractivity contribution in [2.75, 3.05) is 17.3 Å². The van der Waals surface area contributed by atoms with E-state index in [0.29, 0.717) is 24.1 Å². The number of urea groups is 1. The smallest absolute Gasteiger partial charge is 0.340 e. The van der Waals surface area contributed by atoms with Gasteiger partial charge in [0.15, 0.2) is 5.17 Å². The first kappa shape index (κ1) is 15.5. The summed E-state index contributed by atoms with van der Waals surface area (Å²) in [5.74, 6) is 0.122. The Morgan fingerprint density at radius 2 is 2.29 bits per heavy atom. The predicted molar refractivity (Wildman–Crippen MR) is 83.5 cm³/mol. The Balaban J connectivity index is 2.44. The van der Waals surface area contributed by atoms with Crippen LogP contribution in [0.25, 0.3) is 0 Å². The van der Waals surface area contributed by atoms with Crippen LogP contribution in [0.3, 0.4) is 0 Å². The van der Waals surface area contributed by atoms with E-state index in [0.717, 1.165) is 11.1 Å². The summed E-state index contributed by atoms with van der Waals surface area (Å²) in [4.78, 5) is 28.3. The predicted octanol–water partition coefficient (Wildman–Crippen LogP) is 2.05. The number of carbonyl (C=O) groups excluding carboxylic acids is 2. The van der Waals surface area contributed by atoms with Crippen LogP contribution in [0.15, 0.2) is 23.2 Å². The first-order valence-corrected chi connectivity index (χ1v) is 7.52. The fraction of sp³-hybridized carbons (Fsp3) is 0.357. The Morgan fingerprint density at radius 3 is 2.95 bits per heavy atom. The topological polar surface area (TPSA) is 85.0 Å². The van der Waals surface area contributed by atoms with Crippen molar-refractivity contribution >= 4 is 34.6 Å². The maximum absolute atomic E-state index is 12.1. The minimum Gasteiger partial charge on any atom is -0.377 e. The second-order valence-corrected chi connectivity index (χ2v) is 5.46. The van der Waals surface area contributed by atoms with Crippen molar-refractivity contribution in [3.05, 3.63) is 29.3 Å². The van der Waals surface area contributed by atoms with E-state index >= 15 is 0 Å². The molecule has 2 N–H and O–H groups in total. The molecular weight excluding hydrogens is 290 g/mol. The molecule has 1 aliphatic rings. The number of amidine groups is 1. The number of thioether (sulfide) groups is 1. The highest BCUT2D eigenvalue weighted by Crippen LogP contribution is 2.31. The van der Waals surface area contributed by atoms with E-state index in [4.69, 9.17) is 10.5 Å². The molecule has 1 fully saturated rings. The summed E-state index contributed by atoms with van der Waals surface area (Å²) in [5, 5.41) is 0.316. The summed E-state index contributed by atoms with van der Waals surface area (Å²) < 4.78 is 5.43. The van der Waals surface area contributed by atoms with Crippen molar-refractivity contribution in [2.45, 2.75) is 20.5 Å². The number of aryl methyl sites for hydroxylation is 1. The number of nitrogens with two attached hydrogens (primary N) is 1. The summed E-state index contributed by atoms with van der Waals surface area (Å²) in [7, 11) is 0. The van der Waals surface area contributed by atoms with E-state index in [2.05, 4.69) is 4.99 Å². The van der Waals surface area contributed by atoms with E-state index in [1.54, 1.807) is 0 Å². The number of amides is 3. The molecular formula is C14H17N3O3S. The van der Waals surface area contributed by atoms with Gasteiger partial charge in [-0.1, -0.05) is 23.9 Å². The fourth-order valence-corrected chi connectivity index (χ4v) is 2.86. The van der Waals surface area contributed by atoms with Gasteiger partial charge in [0.25, 0.3) is 0 Å². The fourth-order valence-electron chi connectivity index (χ4n) is 1.99. The molecule has 0 bridgehead atoms. The normalized spacial score (nSPS) is 16.8. The van der Waals surface area contributed by atoms with Gasteiger partial charge in [-0.3, -0.25) is 9.69 Å². The van der Waals surface area contributed by atoms with Crippen LogP contribution in [0.4, 0.5) is 10.5 Å². The van der Waals surface area contributed by atoms with Gasteiger partial charge >= 0.3 is 6.03 Å². The van der Waals surface area contributed by atoms with Gasteiger partial charge in [0.05, 0.1) is 18.0 Å². The lowest BCUT2D eigenvalue weighted by Crippen LogP contribution is -2.31. The minimum atomic E-state index is -0.809. The first-order valence-electron chi connectivity index (χ1n) is 6.54. The Hall–Kier alpha value is -1.86. The summed E-state index contributed by atoms with van der Waals surface area (Å²) in [6, 6.07) is 4.94. The summed E-state index contributed by atoms with van der Waals surface area (Å²) in [6.45, 7) is 4.82. The second kappa shape index (κ2) is 6.73. The number of hydrogen-bond acceptors (Lipinski definition) is 4. The van der Waals surface area contributed by atoms with Gasteiger partial charge in [0, 0.05) is 12.2 Å². The highest BCUT2D eigenvalue weighted by atomic mass is 32.2. The number of benzene rings is 1. The zero-order valence-electron chi connectivity index (χ0n) is 12.0. The lowest BCUT2D eigenvalue weighted by atomic mass is 10.1. The number of carbonyl (C=O) groups is 2. The molecule has 2 rings (SSSR count). The van der Waals surface area contributed by atoms with Crippen molar-refractivity contribution < 1.29 is 14.3 Å². The van der Waals surface area contributed by atoms with Gasteiger partial charge in [-0.25, -0.2) is 4.79 Å². The molecule has 0 spiro atoms. The van der Waals surface area contributed by atoms with E-state index in [-0.39, 0.29) is 11.7 Å².